The van der Waals surface area contributed by atoms with Crippen LogP contribution in [0.3, 0.4) is 0 Å². The molecular formula is C29H40N4O6S. The summed E-state index contributed by atoms with van der Waals surface area (Å²) in [6, 6.07) is 13.4. The molecule has 0 radical (unpaired) electrons. The molecule has 2 aliphatic rings. The van der Waals surface area contributed by atoms with Crippen molar-refractivity contribution in [3.8, 4) is 5.75 Å². The van der Waals surface area contributed by atoms with Gasteiger partial charge in [0.25, 0.3) is 0 Å². The highest BCUT2D eigenvalue weighted by atomic mass is 32.2. The minimum absolute atomic E-state index is 0.0394. The molecule has 4 rings (SSSR count). The third-order valence-corrected chi connectivity index (χ3v) is 8.81. The summed E-state index contributed by atoms with van der Waals surface area (Å²) in [7, 11) is -1.92. The van der Waals surface area contributed by atoms with Crippen LogP contribution in [0.1, 0.15) is 37.3 Å². The van der Waals surface area contributed by atoms with E-state index < -0.39 is 16.1 Å². The van der Waals surface area contributed by atoms with Crippen molar-refractivity contribution in [3.63, 3.8) is 0 Å². The van der Waals surface area contributed by atoms with Gasteiger partial charge in [0, 0.05) is 45.2 Å². The van der Waals surface area contributed by atoms with Crippen LogP contribution in [-0.2, 0) is 37.3 Å². The van der Waals surface area contributed by atoms with E-state index in [4.69, 9.17) is 9.47 Å². The van der Waals surface area contributed by atoms with Crippen LogP contribution in [0.2, 0.25) is 0 Å². The second-order valence-electron chi connectivity index (χ2n) is 10.3. The van der Waals surface area contributed by atoms with Crippen LogP contribution in [0, 0.1) is 0 Å². The minimum Gasteiger partial charge on any atom is -0.497 e. The van der Waals surface area contributed by atoms with Crippen LogP contribution >= 0.6 is 0 Å². The van der Waals surface area contributed by atoms with Crippen molar-refractivity contribution in [2.75, 3.05) is 46.5 Å². The Morgan fingerprint density at radius 2 is 1.70 bits per heavy atom. The molecule has 1 atom stereocenters. The fourth-order valence-electron chi connectivity index (χ4n) is 4.54. The van der Waals surface area contributed by atoms with Gasteiger partial charge in [-0.2, -0.15) is 0 Å². The molecule has 40 heavy (non-hydrogen) atoms. The number of carbonyl (C=O) groups is 2. The number of benzene rings is 2. The Morgan fingerprint density at radius 3 is 2.33 bits per heavy atom. The molecule has 1 saturated heterocycles. The zero-order valence-corrected chi connectivity index (χ0v) is 24.1. The highest BCUT2D eigenvalue weighted by molar-refractivity contribution is 7.89. The number of morpholine rings is 1. The van der Waals surface area contributed by atoms with Gasteiger partial charge in [-0.15, -0.1) is 0 Å². The number of rotatable bonds is 14. The van der Waals surface area contributed by atoms with E-state index in [0.29, 0.717) is 31.9 Å². The van der Waals surface area contributed by atoms with Crippen LogP contribution < -0.4 is 14.8 Å². The zero-order chi connectivity index (χ0) is 28.5. The molecule has 1 saturated carbocycles. The number of nitrogens with zero attached hydrogens (tertiary/aromatic N) is 2. The number of aryl methyl sites for hydroxylation is 1. The van der Waals surface area contributed by atoms with Crippen molar-refractivity contribution in [2.45, 2.75) is 56.1 Å². The SMILES string of the molecule is COc1ccc(CN(C(=O)CCc2ccc(S(=O)(=O)NC3CC3)cc2)[C@H](C)C(=O)NCCN2CCOCC2)cc1. The quantitative estimate of drug-likeness (QED) is 0.355. The number of methoxy groups -OCH3 is 1. The van der Waals surface area contributed by atoms with E-state index >= 15 is 0 Å². The summed E-state index contributed by atoms with van der Waals surface area (Å²) in [4.78, 5) is 30.6. The summed E-state index contributed by atoms with van der Waals surface area (Å²) >= 11 is 0. The Kier molecular flexibility index (Phi) is 10.5. The van der Waals surface area contributed by atoms with Gasteiger partial charge in [-0.05, 0) is 61.6 Å². The average molecular weight is 573 g/mol. The predicted octanol–water partition coefficient (Wildman–Crippen LogP) is 1.93. The molecule has 10 nitrogen and oxygen atoms in total. The summed E-state index contributed by atoms with van der Waals surface area (Å²) in [6.07, 6.45) is 2.36. The maximum atomic E-state index is 13.5. The number of hydrogen-bond donors (Lipinski definition) is 2. The largest absolute Gasteiger partial charge is 0.497 e. The van der Waals surface area contributed by atoms with Crippen LogP contribution in [0.25, 0.3) is 0 Å². The van der Waals surface area contributed by atoms with E-state index in [1.54, 1.807) is 43.2 Å². The molecule has 218 valence electrons. The van der Waals surface area contributed by atoms with Gasteiger partial charge in [-0.1, -0.05) is 24.3 Å². The molecule has 0 spiro atoms. The molecule has 2 fully saturated rings. The topological polar surface area (TPSA) is 117 Å². The second-order valence-corrected chi connectivity index (χ2v) is 12.0. The molecule has 2 N–H and O–H groups in total. The number of hydrogen-bond acceptors (Lipinski definition) is 7. The van der Waals surface area contributed by atoms with Gasteiger partial charge in [-0.3, -0.25) is 14.5 Å². The molecule has 0 bridgehead atoms. The van der Waals surface area contributed by atoms with Crippen molar-refractivity contribution >= 4 is 21.8 Å². The maximum Gasteiger partial charge on any atom is 0.242 e. The van der Waals surface area contributed by atoms with Crippen LogP contribution in [0.4, 0.5) is 0 Å². The van der Waals surface area contributed by atoms with E-state index in [1.807, 2.05) is 24.3 Å². The summed E-state index contributed by atoms with van der Waals surface area (Å²) in [5, 5.41) is 2.98. The van der Waals surface area contributed by atoms with Gasteiger partial charge in [0.1, 0.15) is 11.8 Å². The van der Waals surface area contributed by atoms with Gasteiger partial charge in [-0.25, -0.2) is 13.1 Å². The first-order valence-corrected chi connectivity index (χ1v) is 15.3. The molecular weight excluding hydrogens is 532 g/mol. The van der Waals surface area contributed by atoms with Crippen LogP contribution in [0.5, 0.6) is 5.75 Å². The van der Waals surface area contributed by atoms with Gasteiger partial charge in [0.2, 0.25) is 21.8 Å². The first-order valence-electron chi connectivity index (χ1n) is 13.9. The first kappa shape index (κ1) is 30.0. The minimum atomic E-state index is -3.52. The Labute approximate surface area is 237 Å². The van der Waals surface area contributed by atoms with Crippen molar-refractivity contribution in [1.29, 1.82) is 0 Å². The van der Waals surface area contributed by atoms with Crippen molar-refractivity contribution in [2.24, 2.45) is 0 Å². The predicted molar refractivity (Wildman–Crippen MR) is 151 cm³/mol. The summed E-state index contributed by atoms with van der Waals surface area (Å²) in [5.41, 5.74) is 1.74. The fraction of sp³-hybridized carbons (Fsp3) is 0.517. The summed E-state index contributed by atoms with van der Waals surface area (Å²) in [5.74, 6) is 0.361. The third kappa shape index (κ3) is 8.76. The van der Waals surface area contributed by atoms with Gasteiger partial charge in [0.15, 0.2) is 0 Å². The Balaban J connectivity index is 1.37. The van der Waals surface area contributed by atoms with E-state index in [-0.39, 0.29) is 35.7 Å². The molecule has 0 aromatic heterocycles. The molecule has 0 unspecified atom stereocenters. The van der Waals surface area contributed by atoms with E-state index in [2.05, 4.69) is 14.9 Å². The Morgan fingerprint density at radius 1 is 1.05 bits per heavy atom. The van der Waals surface area contributed by atoms with Crippen molar-refractivity contribution in [1.82, 2.24) is 19.8 Å². The molecule has 11 heteroatoms. The Bertz CT molecular complexity index is 1230. The lowest BCUT2D eigenvalue weighted by molar-refractivity contribution is -0.140. The number of ether oxygens (including phenoxy) is 2. The standard InChI is InChI=1S/C29H40N4O6S/c1-22(29(35)30-15-16-32-17-19-39-20-18-32)33(21-24-3-10-26(38-2)11-4-24)28(34)14-7-23-5-12-27(13-6-23)40(36,37)31-25-8-9-25/h3-6,10-13,22,25,31H,7-9,14-21H2,1-2H3,(H,30,35)/t22-/m1/s1. The van der Waals surface area contributed by atoms with E-state index in [1.165, 1.54) is 0 Å². The lowest BCUT2D eigenvalue weighted by Gasteiger charge is -2.30. The highest BCUT2D eigenvalue weighted by Crippen LogP contribution is 2.22. The van der Waals surface area contributed by atoms with E-state index in [9.17, 15) is 18.0 Å². The molecule has 1 aliphatic heterocycles. The van der Waals surface area contributed by atoms with Crippen molar-refractivity contribution in [3.05, 3.63) is 59.7 Å². The van der Waals surface area contributed by atoms with Crippen molar-refractivity contribution < 1.29 is 27.5 Å². The second kappa shape index (κ2) is 14.1. The summed E-state index contributed by atoms with van der Waals surface area (Å²) in [6.45, 7) is 6.35. The van der Waals surface area contributed by atoms with Crippen LogP contribution in [0.15, 0.2) is 53.4 Å². The molecule has 2 aromatic carbocycles. The van der Waals surface area contributed by atoms with E-state index in [0.717, 1.165) is 43.6 Å². The molecule has 2 amide bonds. The third-order valence-electron chi connectivity index (χ3n) is 7.27. The molecule has 2 aromatic rings. The monoisotopic (exact) mass is 572 g/mol. The highest BCUT2D eigenvalue weighted by Gasteiger charge is 2.28. The van der Waals surface area contributed by atoms with Gasteiger partial charge < -0.3 is 19.7 Å². The van der Waals surface area contributed by atoms with Gasteiger partial charge >= 0.3 is 0 Å². The first-order chi connectivity index (χ1) is 19.2. The number of nitrogens with one attached hydrogen (secondary N) is 2. The Hall–Kier alpha value is -2.99. The summed E-state index contributed by atoms with van der Waals surface area (Å²) < 4.78 is 38.2. The zero-order valence-electron chi connectivity index (χ0n) is 23.3. The number of carbonyl (C=O) groups excluding carboxylic acids is 2. The lowest BCUT2D eigenvalue weighted by atomic mass is 10.1. The number of amides is 2. The number of sulfonamides is 1. The molecule has 1 aliphatic carbocycles. The van der Waals surface area contributed by atoms with Gasteiger partial charge in [0.05, 0.1) is 25.2 Å². The van der Waals surface area contributed by atoms with Crippen LogP contribution in [-0.4, -0.2) is 88.6 Å². The average Bonchev–Trinajstić information content (AvgIpc) is 3.78. The fourth-order valence-corrected chi connectivity index (χ4v) is 5.84. The lowest BCUT2D eigenvalue weighted by Crippen LogP contribution is -2.49. The smallest absolute Gasteiger partial charge is 0.242 e. The normalized spacial score (nSPS) is 16.8. The maximum absolute atomic E-state index is 13.5. The molecule has 1 heterocycles.